The van der Waals surface area contributed by atoms with Crippen LogP contribution in [-0.2, 0) is 6.42 Å². The highest BCUT2D eigenvalue weighted by Crippen LogP contribution is 2.36. The SMILES string of the molecule is Fc1c(F)c(F)c(CC2CC2)c(S)c1F. The fourth-order valence-corrected chi connectivity index (χ4v) is 1.75. The second kappa shape index (κ2) is 3.70. The Kier molecular flexibility index (Phi) is 2.66. The summed E-state index contributed by atoms with van der Waals surface area (Å²) < 4.78 is 51.9. The first-order chi connectivity index (χ1) is 7.02. The number of rotatable bonds is 2. The Morgan fingerprint density at radius 2 is 1.47 bits per heavy atom. The lowest BCUT2D eigenvalue weighted by Gasteiger charge is -2.08. The van der Waals surface area contributed by atoms with Crippen LogP contribution in [0.2, 0.25) is 0 Å². The lowest BCUT2D eigenvalue weighted by Crippen LogP contribution is -2.05. The molecule has 0 amide bonds. The summed E-state index contributed by atoms with van der Waals surface area (Å²) in [5, 5.41) is 0. The lowest BCUT2D eigenvalue weighted by atomic mass is 10.1. The second-order valence-electron chi connectivity index (χ2n) is 3.73. The Hall–Kier alpha value is -0.710. The van der Waals surface area contributed by atoms with Gasteiger partial charge in [-0.25, -0.2) is 17.6 Å². The van der Waals surface area contributed by atoms with Crippen LogP contribution in [0.1, 0.15) is 18.4 Å². The predicted molar refractivity (Wildman–Crippen MR) is 50.0 cm³/mol. The van der Waals surface area contributed by atoms with Crippen molar-refractivity contribution in [3.63, 3.8) is 0 Å². The van der Waals surface area contributed by atoms with Crippen molar-refractivity contribution in [3.05, 3.63) is 28.8 Å². The summed E-state index contributed by atoms with van der Waals surface area (Å²) in [7, 11) is 0. The first kappa shape index (κ1) is 10.8. The molecule has 0 heterocycles. The van der Waals surface area contributed by atoms with Crippen molar-refractivity contribution in [1.29, 1.82) is 0 Å². The van der Waals surface area contributed by atoms with Gasteiger partial charge in [0.05, 0.1) is 0 Å². The van der Waals surface area contributed by atoms with Crippen LogP contribution in [0, 0.1) is 29.2 Å². The van der Waals surface area contributed by atoms with Gasteiger partial charge in [0, 0.05) is 10.5 Å². The average Bonchev–Trinajstić information content (AvgIpc) is 3.02. The number of thiol groups is 1. The maximum atomic E-state index is 13.3. The molecule has 0 N–H and O–H groups in total. The molecule has 82 valence electrons. The topological polar surface area (TPSA) is 0 Å². The van der Waals surface area contributed by atoms with Crippen LogP contribution in [0.25, 0.3) is 0 Å². The molecule has 5 heteroatoms. The van der Waals surface area contributed by atoms with Crippen molar-refractivity contribution in [3.8, 4) is 0 Å². The fraction of sp³-hybridized carbons (Fsp3) is 0.400. The number of hydrogen-bond acceptors (Lipinski definition) is 1. The average molecular weight is 236 g/mol. The Labute approximate surface area is 89.7 Å². The van der Waals surface area contributed by atoms with E-state index in [4.69, 9.17) is 0 Å². The van der Waals surface area contributed by atoms with Crippen molar-refractivity contribution in [1.82, 2.24) is 0 Å². The third kappa shape index (κ3) is 1.85. The van der Waals surface area contributed by atoms with Gasteiger partial charge in [0.25, 0.3) is 0 Å². The zero-order valence-electron chi connectivity index (χ0n) is 7.66. The largest absolute Gasteiger partial charge is 0.203 e. The second-order valence-corrected chi connectivity index (χ2v) is 4.18. The number of halogens is 4. The highest BCUT2D eigenvalue weighted by molar-refractivity contribution is 7.80. The van der Waals surface area contributed by atoms with Crippen molar-refractivity contribution >= 4 is 12.6 Å². The van der Waals surface area contributed by atoms with Gasteiger partial charge in [0.1, 0.15) is 0 Å². The molecular formula is C10H8F4S. The van der Waals surface area contributed by atoms with E-state index in [0.29, 0.717) is 0 Å². The van der Waals surface area contributed by atoms with Crippen molar-refractivity contribution < 1.29 is 17.6 Å². The standard InChI is InChI=1S/C10H8F4S/c11-6-5(3-4-1-2-4)10(15)9(14)8(13)7(6)12/h4,15H,1-3H2. The molecule has 0 unspecified atom stereocenters. The Bertz CT molecular complexity index is 383. The van der Waals surface area contributed by atoms with Crippen LogP contribution in [-0.4, -0.2) is 0 Å². The molecule has 0 bridgehead atoms. The van der Waals surface area contributed by atoms with Gasteiger partial charge in [-0.05, 0) is 25.2 Å². The minimum Gasteiger partial charge on any atom is -0.203 e. The van der Waals surface area contributed by atoms with Crippen molar-refractivity contribution in [2.75, 3.05) is 0 Å². The first-order valence-electron chi connectivity index (χ1n) is 4.56. The van der Waals surface area contributed by atoms with Crippen molar-refractivity contribution in [2.24, 2.45) is 5.92 Å². The summed E-state index contributed by atoms with van der Waals surface area (Å²) in [5.74, 6) is -6.02. The molecule has 1 aromatic carbocycles. The Balaban J connectivity index is 2.51. The predicted octanol–water partition coefficient (Wildman–Crippen LogP) is 3.48. The molecule has 0 aromatic heterocycles. The van der Waals surface area contributed by atoms with Gasteiger partial charge < -0.3 is 0 Å². The molecule has 0 spiro atoms. The van der Waals surface area contributed by atoms with E-state index in [0.717, 1.165) is 12.8 Å². The molecule has 2 rings (SSSR count). The fourth-order valence-electron chi connectivity index (χ4n) is 1.46. The highest BCUT2D eigenvalue weighted by atomic mass is 32.1. The van der Waals surface area contributed by atoms with Crippen LogP contribution in [0.15, 0.2) is 4.90 Å². The van der Waals surface area contributed by atoms with E-state index in [2.05, 4.69) is 12.6 Å². The van der Waals surface area contributed by atoms with Gasteiger partial charge >= 0.3 is 0 Å². The van der Waals surface area contributed by atoms with E-state index >= 15 is 0 Å². The van der Waals surface area contributed by atoms with Crippen molar-refractivity contribution in [2.45, 2.75) is 24.2 Å². The first-order valence-corrected chi connectivity index (χ1v) is 5.01. The van der Waals surface area contributed by atoms with Gasteiger partial charge in [0.2, 0.25) is 0 Å². The third-order valence-corrected chi connectivity index (χ3v) is 2.99. The maximum absolute atomic E-state index is 13.3. The van der Waals surface area contributed by atoms with Crippen LogP contribution >= 0.6 is 12.6 Å². The summed E-state index contributed by atoms with van der Waals surface area (Å²) in [6.07, 6.45) is 2.04. The summed E-state index contributed by atoms with van der Waals surface area (Å²) >= 11 is 3.68. The molecule has 1 fully saturated rings. The van der Waals surface area contributed by atoms with Crippen LogP contribution in [0.3, 0.4) is 0 Å². The highest BCUT2D eigenvalue weighted by Gasteiger charge is 2.29. The molecule has 0 saturated heterocycles. The van der Waals surface area contributed by atoms with Gasteiger partial charge in [-0.15, -0.1) is 12.6 Å². The van der Waals surface area contributed by atoms with E-state index in [1.54, 1.807) is 0 Å². The molecule has 0 atom stereocenters. The summed E-state index contributed by atoms with van der Waals surface area (Å²) in [6, 6.07) is 0. The van der Waals surface area contributed by atoms with Crippen LogP contribution in [0.5, 0.6) is 0 Å². The number of benzene rings is 1. The quantitative estimate of drug-likeness (QED) is 0.345. The minimum absolute atomic E-state index is 0.155. The minimum atomic E-state index is -1.79. The van der Waals surface area contributed by atoms with Gasteiger partial charge in [-0.2, -0.15) is 0 Å². The zero-order valence-corrected chi connectivity index (χ0v) is 8.55. The number of hydrogen-bond donors (Lipinski definition) is 1. The zero-order chi connectivity index (χ0) is 11.2. The molecule has 1 saturated carbocycles. The molecular weight excluding hydrogens is 228 g/mol. The molecule has 0 aliphatic heterocycles. The molecule has 1 aliphatic carbocycles. The summed E-state index contributed by atoms with van der Waals surface area (Å²) in [5.41, 5.74) is -0.155. The molecule has 15 heavy (non-hydrogen) atoms. The van der Waals surface area contributed by atoms with E-state index < -0.39 is 28.2 Å². The van der Waals surface area contributed by atoms with Gasteiger partial charge in [-0.1, -0.05) is 0 Å². The normalized spacial score (nSPS) is 15.8. The molecule has 1 aliphatic rings. The van der Waals surface area contributed by atoms with E-state index in [-0.39, 0.29) is 17.9 Å². The van der Waals surface area contributed by atoms with Crippen LogP contribution in [0.4, 0.5) is 17.6 Å². The summed E-state index contributed by atoms with van der Waals surface area (Å²) in [4.78, 5) is -0.418. The molecule has 1 aromatic rings. The monoisotopic (exact) mass is 236 g/mol. The van der Waals surface area contributed by atoms with E-state index in [1.807, 2.05) is 0 Å². The van der Waals surface area contributed by atoms with Gasteiger partial charge in [0.15, 0.2) is 23.3 Å². The molecule has 0 nitrogen and oxygen atoms in total. The Morgan fingerprint density at radius 3 is 2.00 bits per heavy atom. The van der Waals surface area contributed by atoms with E-state index in [1.165, 1.54) is 0 Å². The van der Waals surface area contributed by atoms with E-state index in [9.17, 15) is 17.6 Å². The smallest absolute Gasteiger partial charge is 0.198 e. The third-order valence-electron chi connectivity index (χ3n) is 2.53. The molecule has 0 radical (unpaired) electrons. The summed E-state index contributed by atoms with van der Waals surface area (Å²) in [6.45, 7) is 0. The lowest BCUT2D eigenvalue weighted by molar-refractivity contribution is 0.391. The van der Waals surface area contributed by atoms with Gasteiger partial charge in [-0.3, -0.25) is 0 Å². The van der Waals surface area contributed by atoms with Crippen LogP contribution < -0.4 is 0 Å². The Morgan fingerprint density at radius 1 is 0.933 bits per heavy atom. The maximum Gasteiger partial charge on any atom is 0.198 e.